The summed E-state index contributed by atoms with van der Waals surface area (Å²) in [7, 11) is -5.32. The number of rotatable bonds is 7. The van der Waals surface area contributed by atoms with Crippen LogP contribution in [0.4, 0.5) is 5.95 Å². The minimum atomic E-state index is -5.32. The Morgan fingerprint density at radius 3 is 2.59 bits per heavy atom. The van der Waals surface area contributed by atoms with E-state index in [1.165, 1.54) is 0 Å². The van der Waals surface area contributed by atoms with Gasteiger partial charge in [0.05, 0.1) is 25.3 Å². The summed E-state index contributed by atoms with van der Waals surface area (Å²) in [6.45, 7) is -0.937. The molecule has 1 saturated heterocycles. The van der Waals surface area contributed by atoms with Gasteiger partial charge in [0.25, 0.3) is 5.56 Å². The van der Waals surface area contributed by atoms with Gasteiger partial charge in [0.1, 0.15) is 18.3 Å². The molecule has 32 heavy (non-hydrogen) atoms. The molecule has 0 radical (unpaired) electrons. The number of aliphatic hydroxyl groups is 2. The van der Waals surface area contributed by atoms with Crippen LogP contribution >= 0.6 is 7.75 Å². The SMILES string of the molecule is Nc1nc2c(ncn2[C@@H]2O[C@H](CN(C(=O)[C@@H](N)CC(=O)O)P(=O)(O)O)C(O)C2O)c(=O)[nH]1. The number of hydrogen-bond acceptors (Lipinski definition) is 11. The Hall–Kier alpha value is -2.92. The predicted molar refractivity (Wildman–Crippen MR) is 102 cm³/mol. The number of carbonyl (C=O) groups excluding carboxylic acids is 1. The first-order chi connectivity index (χ1) is 14.8. The number of aromatic amines is 1. The predicted octanol–water partition coefficient (Wildman–Crippen LogP) is -3.96. The van der Waals surface area contributed by atoms with Crippen molar-refractivity contribution in [3.8, 4) is 0 Å². The van der Waals surface area contributed by atoms with Gasteiger partial charge < -0.3 is 41.3 Å². The van der Waals surface area contributed by atoms with Crippen LogP contribution < -0.4 is 17.0 Å². The monoisotopic (exact) mass is 477 g/mol. The molecule has 3 heterocycles. The lowest BCUT2D eigenvalue weighted by molar-refractivity contribution is -0.141. The van der Waals surface area contributed by atoms with Crippen molar-refractivity contribution in [2.75, 3.05) is 12.3 Å². The number of aliphatic carboxylic acids is 1. The third-order valence-electron chi connectivity index (χ3n) is 4.70. The van der Waals surface area contributed by atoms with Gasteiger partial charge in [-0.2, -0.15) is 4.98 Å². The van der Waals surface area contributed by atoms with E-state index in [0.717, 1.165) is 10.9 Å². The van der Waals surface area contributed by atoms with Gasteiger partial charge in [-0.15, -0.1) is 0 Å². The number of H-pyrrole nitrogens is 1. The largest absolute Gasteiger partial charge is 0.481 e. The van der Waals surface area contributed by atoms with Crippen LogP contribution in [0.5, 0.6) is 0 Å². The van der Waals surface area contributed by atoms with E-state index in [-0.39, 0.29) is 21.8 Å². The van der Waals surface area contributed by atoms with Gasteiger partial charge in [0.2, 0.25) is 11.9 Å². The average molecular weight is 477 g/mol. The highest BCUT2D eigenvalue weighted by Gasteiger charge is 2.47. The minimum Gasteiger partial charge on any atom is -0.481 e. The molecule has 3 rings (SSSR count). The second-order valence-electron chi connectivity index (χ2n) is 6.96. The number of aliphatic hydroxyl groups excluding tert-OH is 2. The van der Waals surface area contributed by atoms with E-state index in [4.69, 9.17) is 21.3 Å². The van der Waals surface area contributed by atoms with Gasteiger partial charge in [-0.1, -0.05) is 0 Å². The lowest BCUT2D eigenvalue weighted by atomic mass is 10.1. The molecule has 0 spiro atoms. The highest BCUT2D eigenvalue weighted by atomic mass is 31.2. The quantitative estimate of drug-likeness (QED) is 0.177. The van der Waals surface area contributed by atoms with Crippen LogP contribution in [0.3, 0.4) is 0 Å². The number of aromatic nitrogens is 4. The summed E-state index contributed by atoms with van der Waals surface area (Å²) in [6, 6.07) is -1.78. The van der Waals surface area contributed by atoms with Crippen molar-refractivity contribution in [3.05, 3.63) is 16.7 Å². The Labute approximate surface area is 177 Å². The Morgan fingerprint density at radius 1 is 1.34 bits per heavy atom. The summed E-state index contributed by atoms with van der Waals surface area (Å²) >= 11 is 0. The Morgan fingerprint density at radius 2 is 2.00 bits per heavy atom. The molecule has 0 aliphatic carbocycles. The van der Waals surface area contributed by atoms with Crippen LogP contribution in [0.15, 0.2) is 11.1 Å². The molecule has 1 amide bonds. The van der Waals surface area contributed by atoms with Crippen LogP contribution in [-0.4, -0.2) is 92.1 Å². The first kappa shape index (κ1) is 23.7. The van der Waals surface area contributed by atoms with Crippen molar-refractivity contribution in [3.63, 3.8) is 0 Å². The number of nitrogen functional groups attached to an aromatic ring is 1. The number of carbonyl (C=O) groups is 2. The molecule has 2 aromatic rings. The normalized spacial score (nSPS) is 24.5. The van der Waals surface area contributed by atoms with E-state index >= 15 is 0 Å². The third kappa shape index (κ3) is 4.49. The smallest absolute Gasteiger partial charge is 0.432 e. The number of hydrogen-bond donors (Lipinski definition) is 8. The summed E-state index contributed by atoms with van der Waals surface area (Å²) in [5.41, 5.74) is 9.98. The number of ether oxygens (including phenoxy) is 1. The minimum absolute atomic E-state index is 0.0312. The number of nitrogens with zero attached hydrogens (tertiary/aromatic N) is 4. The number of nitrogens with one attached hydrogen (secondary N) is 1. The zero-order chi connectivity index (χ0) is 24.0. The first-order valence-electron chi connectivity index (χ1n) is 8.90. The van der Waals surface area contributed by atoms with Crippen molar-refractivity contribution in [2.24, 2.45) is 5.73 Å². The van der Waals surface area contributed by atoms with Crippen molar-refractivity contribution in [2.45, 2.75) is 37.0 Å². The van der Waals surface area contributed by atoms with Gasteiger partial charge in [-0.05, 0) is 0 Å². The maximum absolute atomic E-state index is 12.3. The van der Waals surface area contributed by atoms with Crippen LogP contribution in [-0.2, 0) is 18.9 Å². The van der Waals surface area contributed by atoms with Crippen molar-refractivity contribution in [1.29, 1.82) is 0 Å². The molecule has 1 aliphatic heterocycles. The highest BCUT2D eigenvalue weighted by Crippen LogP contribution is 2.42. The average Bonchev–Trinajstić information content (AvgIpc) is 3.20. The van der Waals surface area contributed by atoms with Gasteiger partial charge in [0, 0.05) is 0 Å². The van der Waals surface area contributed by atoms with Crippen LogP contribution in [0.1, 0.15) is 12.6 Å². The molecule has 18 heteroatoms. The molecule has 176 valence electrons. The van der Waals surface area contributed by atoms with Gasteiger partial charge >= 0.3 is 13.7 Å². The van der Waals surface area contributed by atoms with Crippen LogP contribution in [0.25, 0.3) is 11.2 Å². The Bertz CT molecular complexity index is 1140. The summed E-state index contributed by atoms with van der Waals surface area (Å²) < 4.78 is 18.4. The number of amides is 1. The van der Waals surface area contributed by atoms with E-state index in [0.29, 0.717) is 0 Å². The van der Waals surface area contributed by atoms with E-state index in [1.54, 1.807) is 0 Å². The van der Waals surface area contributed by atoms with Crippen LogP contribution in [0.2, 0.25) is 0 Å². The van der Waals surface area contributed by atoms with Crippen molar-refractivity contribution < 1.29 is 44.0 Å². The number of carboxylic acids is 1. The number of imidazole rings is 1. The lowest BCUT2D eigenvalue weighted by Crippen LogP contribution is -2.47. The Balaban J connectivity index is 1.88. The second kappa shape index (κ2) is 8.55. The van der Waals surface area contributed by atoms with Gasteiger partial charge in [-0.3, -0.25) is 23.9 Å². The first-order valence-corrected chi connectivity index (χ1v) is 10.5. The topological polar surface area (TPSA) is 280 Å². The van der Waals surface area contributed by atoms with E-state index < -0.39 is 68.7 Å². The highest BCUT2D eigenvalue weighted by molar-refractivity contribution is 7.50. The van der Waals surface area contributed by atoms with Gasteiger partial charge in [0.15, 0.2) is 17.4 Å². The molecule has 1 aliphatic rings. The molecule has 17 nitrogen and oxygen atoms in total. The fourth-order valence-electron chi connectivity index (χ4n) is 3.20. The molecule has 10 N–H and O–H groups in total. The van der Waals surface area contributed by atoms with Crippen molar-refractivity contribution >= 4 is 36.7 Å². The zero-order valence-corrected chi connectivity index (χ0v) is 16.9. The maximum atomic E-state index is 12.3. The summed E-state index contributed by atoms with van der Waals surface area (Å²) in [6.07, 6.45) is -6.24. The van der Waals surface area contributed by atoms with Crippen LogP contribution in [0, 0.1) is 0 Å². The molecule has 2 aromatic heterocycles. The Kier molecular flexibility index (Phi) is 6.34. The molecular weight excluding hydrogens is 457 g/mol. The summed E-state index contributed by atoms with van der Waals surface area (Å²) in [4.78, 5) is 64.0. The number of fused-ring (bicyclic) bond motifs is 1. The zero-order valence-electron chi connectivity index (χ0n) is 16.0. The maximum Gasteiger partial charge on any atom is 0.432 e. The number of carboxylic acid groups (broad SMARTS) is 1. The molecule has 0 bridgehead atoms. The van der Waals surface area contributed by atoms with Gasteiger partial charge in [-0.25, -0.2) is 14.2 Å². The standard InChI is InChI=1S/C14H20N7O10P/c15-4(1-6(22)23)12(27)21(32(28,29)30)2-5-8(24)9(25)13(31-5)20-3-17-7-10(20)18-14(16)19-11(7)26/h3-5,8-9,13,24-25H,1-2,15H2,(H,22,23)(H2,28,29,30)(H3,16,18,19,26)/t4-,5+,8?,9?,13+/m0/s1. The van der Waals surface area contributed by atoms with E-state index in [9.17, 15) is 38.9 Å². The molecule has 2 unspecified atom stereocenters. The summed E-state index contributed by atoms with van der Waals surface area (Å²) in [5, 5.41) is 29.5. The molecule has 1 fully saturated rings. The van der Waals surface area contributed by atoms with E-state index in [1.807, 2.05) is 0 Å². The number of nitrogens with two attached hydrogens (primary N) is 2. The van der Waals surface area contributed by atoms with E-state index in [2.05, 4.69) is 15.0 Å². The molecular formula is C14H20N7O10P. The molecule has 5 atom stereocenters. The fourth-order valence-corrected chi connectivity index (χ4v) is 3.98. The second-order valence-corrected chi connectivity index (χ2v) is 8.47. The number of anilines is 1. The summed E-state index contributed by atoms with van der Waals surface area (Å²) in [5.74, 6) is -3.14. The molecule has 0 aromatic carbocycles. The molecule has 0 saturated carbocycles. The van der Waals surface area contributed by atoms with Crippen molar-refractivity contribution in [1.82, 2.24) is 24.2 Å². The lowest BCUT2D eigenvalue weighted by Gasteiger charge is -2.28. The third-order valence-corrected chi connectivity index (χ3v) is 5.68. The fraction of sp³-hybridized carbons (Fsp3) is 0.500.